The smallest absolute Gasteiger partial charge is 0.394 e. The van der Waals surface area contributed by atoms with E-state index in [9.17, 15) is 25.0 Å². The minimum Gasteiger partial charge on any atom is -0.394 e. The van der Waals surface area contributed by atoms with Crippen molar-refractivity contribution in [3.05, 3.63) is 0 Å². The molecule has 18 heavy (non-hydrogen) atoms. The zero-order valence-corrected chi connectivity index (χ0v) is 9.75. The van der Waals surface area contributed by atoms with Crippen LogP contribution in [0.5, 0.6) is 0 Å². The van der Waals surface area contributed by atoms with Gasteiger partial charge in [-0.05, 0) is 0 Å². The van der Waals surface area contributed by atoms with Gasteiger partial charge < -0.3 is 35.2 Å². The fourth-order valence-electron chi connectivity index (χ4n) is 1.39. The maximum Gasteiger partial charge on any atom is 0.493 e. The quantitative estimate of drug-likeness (QED) is 0.152. The Morgan fingerprint density at radius 1 is 1.33 bits per heavy atom. The summed E-state index contributed by atoms with van der Waals surface area (Å²) in [5, 5.41) is 46.6. The van der Waals surface area contributed by atoms with Gasteiger partial charge in [-0.1, -0.05) is 0 Å². The third kappa shape index (κ3) is 3.04. The second-order valence-electron chi connectivity index (χ2n) is 3.56. The van der Waals surface area contributed by atoms with Crippen LogP contribution in [0.1, 0.15) is 0 Å². The van der Waals surface area contributed by atoms with Crippen molar-refractivity contribution in [3.63, 3.8) is 0 Å². The molecule has 11 nitrogen and oxygen atoms in total. The fourth-order valence-corrected chi connectivity index (χ4v) is 1.91. The molecule has 6 atom stereocenters. The number of hydrogen-bond acceptors (Lipinski definition) is 10. The minimum atomic E-state index is -4.96. The van der Waals surface area contributed by atoms with Gasteiger partial charge in [-0.3, -0.25) is 0 Å². The van der Waals surface area contributed by atoms with Crippen LogP contribution in [0.25, 0.3) is 0 Å². The molecule has 0 spiro atoms. The second kappa shape index (κ2) is 5.45. The maximum atomic E-state index is 11.0. The molecular formula is C6H14NO10P. The molecule has 1 fully saturated rings. The van der Waals surface area contributed by atoms with E-state index in [0.29, 0.717) is 0 Å². The molecule has 0 amide bonds. The summed E-state index contributed by atoms with van der Waals surface area (Å²) in [6.45, 7) is -0.865. The van der Waals surface area contributed by atoms with E-state index in [1.807, 2.05) is 0 Å². The molecule has 8 N–H and O–H groups in total. The average Bonchev–Trinajstić information content (AvgIpc) is 2.31. The number of nitrogens with two attached hydrogens (primary N) is 1. The van der Waals surface area contributed by atoms with Crippen LogP contribution in [0.4, 0.5) is 0 Å². The van der Waals surface area contributed by atoms with Crippen LogP contribution in [-0.4, -0.2) is 67.4 Å². The molecule has 108 valence electrons. The molecule has 1 aliphatic heterocycles. The van der Waals surface area contributed by atoms with Crippen LogP contribution in [0.3, 0.4) is 0 Å². The highest BCUT2D eigenvalue weighted by Crippen LogP contribution is 2.47. The maximum absolute atomic E-state index is 11.0. The first-order chi connectivity index (χ1) is 8.17. The SMILES string of the molecule is NOP(=O)(O)O[C@@]1(O)O[C@H](CO)[C@H](O)[C@H](O)[C@H]1O. The molecule has 1 unspecified atom stereocenters. The first kappa shape index (κ1) is 15.9. The largest absolute Gasteiger partial charge is 0.493 e. The van der Waals surface area contributed by atoms with Crippen molar-refractivity contribution in [1.82, 2.24) is 0 Å². The molecule has 0 saturated carbocycles. The van der Waals surface area contributed by atoms with Crippen molar-refractivity contribution in [2.24, 2.45) is 5.90 Å². The van der Waals surface area contributed by atoms with Gasteiger partial charge in [0.25, 0.3) is 0 Å². The van der Waals surface area contributed by atoms with Gasteiger partial charge in [0.15, 0.2) is 6.10 Å². The standard InChI is InChI=1S/C6H14NO10P/c7-17-18(13,14)16-6(12)5(11)4(10)3(9)2(1-8)15-6/h2-5,8-12H,1,7H2,(H,13,14)/t2-,3+,4+,5-,6+/m1/s1. The molecule has 12 heteroatoms. The van der Waals surface area contributed by atoms with E-state index in [4.69, 9.17) is 10.00 Å². The van der Waals surface area contributed by atoms with Crippen molar-refractivity contribution in [2.75, 3.05) is 6.61 Å². The normalized spacial score (nSPS) is 44.6. The zero-order chi connectivity index (χ0) is 14.1. The molecule has 1 saturated heterocycles. The summed E-state index contributed by atoms with van der Waals surface area (Å²) in [6, 6.07) is 0. The summed E-state index contributed by atoms with van der Waals surface area (Å²) >= 11 is 0. The fraction of sp³-hybridized carbons (Fsp3) is 1.00. The van der Waals surface area contributed by atoms with Crippen molar-refractivity contribution < 1.29 is 48.9 Å². The topological polar surface area (TPSA) is 192 Å². The van der Waals surface area contributed by atoms with Crippen molar-refractivity contribution >= 4 is 7.82 Å². The monoisotopic (exact) mass is 291 g/mol. The molecule has 1 aliphatic rings. The first-order valence-electron chi connectivity index (χ1n) is 4.64. The molecule has 1 rings (SSSR count). The van der Waals surface area contributed by atoms with Crippen LogP contribution in [0, 0.1) is 0 Å². The summed E-state index contributed by atoms with van der Waals surface area (Å²) in [5.41, 5.74) is 0. The Morgan fingerprint density at radius 3 is 2.33 bits per heavy atom. The van der Waals surface area contributed by atoms with Crippen molar-refractivity contribution in [2.45, 2.75) is 30.4 Å². The van der Waals surface area contributed by atoms with E-state index >= 15 is 0 Å². The van der Waals surface area contributed by atoms with Gasteiger partial charge in [-0.2, -0.15) is 0 Å². The van der Waals surface area contributed by atoms with Gasteiger partial charge in [-0.15, -0.1) is 0 Å². The van der Waals surface area contributed by atoms with Crippen molar-refractivity contribution in [1.29, 1.82) is 0 Å². The summed E-state index contributed by atoms with van der Waals surface area (Å²) < 4.78 is 23.1. The number of phosphoric acid groups is 1. The Balaban J connectivity index is 2.95. The van der Waals surface area contributed by atoms with Gasteiger partial charge in [0, 0.05) is 0 Å². The third-order valence-corrected chi connectivity index (χ3v) is 3.07. The lowest BCUT2D eigenvalue weighted by Gasteiger charge is -2.44. The summed E-state index contributed by atoms with van der Waals surface area (Å²) in [6.07, 6.45) is -7.61. The highest BCUT2D eigenvalue weighted by atomic mass is 31.2. The summed E-state index contributed by atoms with van der Waals surface area (Å²) in [4.78, 5) is 8.90. The number of rotatable bonds is 4. The molecule has 0 aromatic carbocycles. The minimum absolute atomic E-state index is 0.865. The molecule has 0 aromatic heterocycles. The van der Waals surface area contributed by atoms with E-state index in [0.717, 1.165) is 0 Å². The lowest BCUT2D eigenvalue weighted by molar-refractivity contribution is -0.426. The third-order valence-electron chi connectivity index (χ3n) is 2.31. The summed E-state index contributed by atoms with van der Waals surface area (Å²) in [5.74, 6) is 1.22. The van der Waals surface area contributed by atoms with Crippen molar-refractivity contribution in [3.8, 4) is 0 Å². The predicted molar refractivity (Wildman–Crippen MR) is 51.1 cm³/mol. The van der Waals surface area contributed by atoms with Gasteiger partial charge >= 0.3 is 13.8 Å². The number of ether oxygens (including phenoxy) is 1. The highest BCUT2D eigenvalue weighted by Gasteiger charge is 2.57. The molecule has 0 aliphatic carbocycles. The Labute approximate surface area is 101 Å². The Kier molecular flexibility index (Phi) is 4.81. The van der Waals surface area contributed by atoms with Gasteiger partial charge in [0.2, 0.25) is 0 Å². The van der Waals surface area contributed by atoms with Crippen LogP contribution < -0.4 is 5.90 Å². The lowest BCUT2D eigenvalue weighted by atomic mass is 9.98. The van der Waals surface area contributed by atoms with Crippen LogP contribution >= 0.6 is 7.82 Å². The zero-order valence-electron chi connectivity index (χ0n) is 8.86. The van der Waals surface area contributed by atoms with Crippen LogP contribution in [0.15, 0.2) is 0 Å². The van der Waals surface area contributed by atoms with E-state index in [-0.39, 0.29) is 0 Å². The van der Waals surface area contributed by atoms with E-state index in [2.05, 4.69) is 19.8 Å². The lowest BCUT2D eigenvalue weighted by Crippen LogP contribution is -2.65. The van der Waals surface area contributed by atoms with Gasteiger partial charge in [0.1, 0.15) is 18.3 Å². The number of aliphatic hydroxyl groups is 5. The molecule has 1 heterocycles. The first-order valence-corrected chi connectivity index (χ1v) is 6.13. The average molecular weight is 291 g/mol. The number of aliphatic hydroxyl groups excluding tert-OH is 4. The summed E-state index contributed by atoms with van der Waals surface area (Å²) in [7, 11) is -4.96. The molecule has 0 radical (unpaired) electrons. The predicted octanol–water partition coefficient (Wildman–Crippen LogP) is -3.89. The Bertz CT molecular complexity index is 338. The van der Waals surface area contributed by atoms with E-state index < -0.39 is 44.8 Å². The van der Waals surface area contributed by atoms with Gasteiger partial charge in [-0.25, -0.2) is 19.6 Å². The van der Waals surface area contributed by atoms with Crippen LogP contribution in [0.2, 0.25) is 0 Å². The van der Waals surface area contributed by atoms with E-state index in [1.54, 1.807) is 0 Å². The van der Waals surface area contributed by atoms with Crippen LogP contribution in [-0.2, 0) is 18.5 Å². The van der Waals surface area contributed by atoms with E-state index in [1.165, 1.54) is 0 Å². The second-order valence-corrected chi connectivity index (χ2v) is 4.89. The Hall–Kier alpha value is -0.170. The Morgan fingerprint density at radius 2 is 1.89 bits per heavy atom. The number of hydrogen-bond donors (Lipinski definition) is 7. The molecular weight excluding hydrogens is 277 g/mol. The van der Waals surface area contributed by atoms with Gasteiger partial charge in [0.05, 0.1) is 6.61 Å². The number of phosphoric ester groups is 1. The highest BCUT2D eigenvalue weighted by molar-refractivity contribution is 7.47. The molecule has 0 aromatic rings. The molecule has 0 bridgehead atoms.